The van der Waals surface area contributed by atoms with E-state index >= 15 is 0 Å². The van der Waals surface area contributed by atoms with Crippen LogP contribution in [0, 0.1) is 5.92 Å². The van der Waals surface area contributed by atoms with Gasteiger partial charge in [-0.05, 0) is 25.7 Å². The van der Waals surface area contributed by atoms with Crippen molar-refractivity contribution in [2.24, 2.45) is 5.92 Å². The van der Waals surface area contributed by atoms with E-state index in [1.165, 1.54) is 10.6 Å². The molecule has 0 amide bonds. The van der Waals surface area contributed by atoms with Crippen LogP contribution in [0.15, 0.2) is 6.33 Å². The van der Waals surface area contributed by atoms with Crippen LogP contribution in [-0.4, -0.2) is 52.7 Å². The summed E-state index contributed by atoms with van der Waals surface area (Å²) in [7, 11) is -3.53. The van der Waals surface area contributed by atoms with Crippen LogP contribution < -0.4 is 4.72 Å². The molecule has 0 bridgehead atoms. The zero-order chi connectivity index (χ0) is 13.9. The van der Waals surface area contributed by atoms with E-state index in [1.807, 2.05) is 0 Å². The fourth-order valence-corrected chi connectivity index (χ4v) is 3.51. The summed E-state index contributed by atoms with van der Waals surface area (Å²) in [6, 6.07) is -0.455. The molecule has 1 unspecified atom stereocenters. The number of hydrogen-bond acceptors (Lipinski definition) is 5. The summed E-state index contributed by atoms with van der Waals surface area (Å²) in [5.41, 5.74) is 0. The van der Waals surface area contributed by atoms with Crippen LogP contribution in [0.3, 0.4) is 0 Å². The summed E-state index contributed by atoms with van der Waals surface area (Å²) in [5.74, 6) is 0.687. The molecule has 108 valence electrons. The molecular weight excluding hydrogens is 270 g/mol. The highest BCUT2D eigenvalue weighted by Crippen LogP contribution is 2.19. The Morgan fingerprint density at radius 2 is 2.26 bits per heavy atom. The van der Waals surface area contributed by atoms with Crippen molar-refractivity contribution in [2.75, 3.05) is 19.7 Å². The molecule has 8 nitrogen and oxygen atoms in total. The minimum Gasteiger partial charge on any atom is -0.396 e. The lowest BCUT2D eigenvalue weighted by atomic mass is 10.00. The normalized spacial score (nSPS) is 20.5. The fourth-order valence-electron chi connectivity index (χ4n) is 2.11. The van der Waals surface area contributed by atoms with Gasteiger partial charge in [0.25, 0.3) is 10.2 Å². The summed E-state index contributed by atoms with van der Waals surface area (Å²) in [4.78, 5) is 3.93. The quantitative estimate of drug-likeness (QED) is 0.670. The van der Waals surface area contributed by atoms with Gasteiger partial charge in [0.1, 0.15) is 12.2 Å². The lowest BCUT2D eigenvalue weighted by molar-refractivity contribution is 0.169. The van der Waals surface area contributed by atoms with E-state index in [1.54, 1.807) is 6.92 Å². The number of aliphatic hydroxyl groups excluding tert-OH is 1. The molecular formula is C10H19N5O3S. The minimum atomic E-state index is -3.53. The van der Waals surface area contributed by atoms with Crippen molar-refractivity contribution in [3.63, 3.8) is 0 Å². The van der Waals surface area contributed by atoms with Gasteiger partial charge < -0.3 is 5.11 Å². The smallest absolute Gasteiger partial charge is 0.280 e. The van der Waals surface area contributed by atoms with Crippen molar-refractivity contribution in [3.05, 3.63) is 12.2 Å². The third-order valence-corrected chi connectivity index (χ3v) is 5.04. The van der Waals surface area contributed by atoms with Crippen LogP contribution in [0.25, 0.3) is 0 Å². The maximum atomic E-state index is 12.2. The summed E-state index contributed by atoms with van der Waals surface area (Å²) < 4.78 is 28.3. The first-order valence-electron chi connectivity index (χ1n) is 6.26. The average molecular weight is 289 g/mol. The van der Waals surface area contributed by atoms with Gasteiger partial charge in [-0.15, -0.1) is 0 Å². The van der Waals surface area contributed by atoms with Gasteiger partial charge in [0.15, 0.2) is 0 Å². The zero-order valence-corrected chi connectivity index (χ0v) is 11.6. The Balaban J connectivity index is 1.95. The van der Waals surface area contributed by atoms with Crippen LogP contribution in [0.1, 0.15) is 31.6 Å². The minimum absolute atomic E-state index is 0.121. The second kappa shape index (κ2) is 5.95. The maximum absolute atomic E-state index is 12.2. The molecule has 19 heavy (non-hydrogen) atoms. The van der Waals surface area contributed by atoms with Crippen molar-refractivity contribution in [2.45, 2.75) is 25.8 Å². The molecule has 2 heterocycles. The maximum Gasteiger partial charge on any atom is 0.280 e. The zero-order valence-electron chi connectivity index (χ0n) is 10.8. The van der Waals surface area contributed by atoms with Crippen LogP contribution in [-0.2, 0) is 10.2 Å². The number of aliphatic hydroxyl groups is 1. The highest BCUT2D eigenvalue weighted by atomic mass is 32.2. The summed E-state index contributed by atoms with van der Waals surface area (Å²) in [6.07, 6.45) is 2.72. The van der Waals surface area contributed by atoms with E-state index in [-0.39, 0.29) is 12.5 Å². The molecule has 1 aliphatic rings. The number of rotatable bonds is 5. The molecule has 2 rings (SSSR count). The second-order valence-electron chi connectivity index (χ2n) is 4.74. The topological polar surface area (TPSA) is 111 Å². The number of aromatic nitrogens is 3. The Morgan fingerprint density at radius 1 is 1.58 bits per heavy atom. The van der Waals surface area contributed by atoms with Gasteiger partial charge in [-0.25, -0.2) is 4.98 Å². The lowest BCUT2D eigenvalue weighted by Crippen LogP contribution is -2.46. The van der Waals surface area contributed by atoms with E-state index in [0.717, 1.165) is 0 Å². The van der Waals surface area contributed by atoms with Crippen molar-refractivity contribution in [1.29, 1.82) is 0 Å². The monoisotopic (exact) mass is 289 g/mol. The van der Waals surface area contributed by atoms with Crippen LogP contribution in [0.5, 0.6) is 0 Å². The third kappa shape index (κ3) is 3.50. The standard InChI is InChI=1S/C10H19N5O3S/c1-8(10-11-7-12-13-10)14-19(17,18)15-4-2-9(6-16)3-5-15/h7-9,14,16H,2-6H2,1H3,(H,11,12,13). The molecule has 1 saturated heterocycles. The SMILES string of the molecule is CC(NS(=O)(=O)N1CCC(CO)CC1)c1ncn[nH]1. The Hall–Kier alpha value is -1.03. The first kappa shape index (κ1) is 14.4. The summed E-state index contributed by atoms with van der Waals surface area (Å²) in [6.45, 7) is 2.70. The second-order valence-corrected chi connectivity index (χ2v) is 6.44. The molecule has 1 aliphatic heterocycles. The number of nitrogens with zero attached hydrogens (tertiary/aromatic N) is 3. The van der Waals surface area contributed by atoms with Crippen molar-refractivity contribution in [1.82, 2.24) is 24.2 Å². The van der Waals surface area contributed by atoms with Gasteiger partial charge in [-0.2, -0.15) is 22.5 Å². The largest absolute Gasteiger partial charge is 0.396 e. The Morgan fingerprint density at radius 3 is 2.79 bits per heavy atom. The molecule has 0 aromatic carbocycles. The molecule has 0 spiro atoms. The highest BCUT2D eigenvalue weighted by molar-refractivity contribution is 7.87. The molecule has 1 aromatic rings. The number of H-pyrrole nitrogens is 1. The van der Waals surface area contributed by atoms with Gasteiger partial charge in [-0.1, -0.05) is 0 Å². The van der Waals surface area contributed by atoms with E-state index in [0.29, 0.717) is 31.8 Å². The summed E-state index contributed by atoms with van der Waals surface area (Å²) >= 11 is 0. The van der Waals surface area contributed by atoms with Crippen LogP contribution in [0.4, 0.5) is 0 Å². The first-order valence-corrected chi connectivity index (χ1v) is 7.70. The molecule has 1 atom stereocenters. The van der Waals surface area contributed by atoms with Crippen LogP contribution in [0.2, 0.25) is 0 Å². The number of hydrogen-bond donors (Lipinski definition) is 3. The molecule has 3 N–H and O–H groups in total. The van der Waals surface area contributed by atoms with E-state index in [9.17, 15) is 8.42 Å². The van der Waals surface area contributed by atoms with Gasteiger partial charge >= 0.3 is 0 Å². The first-order chi connectivity index (χ1) is 9.03. The predicted molar refractivity (Wildman–Crippen MR) is 68.2 cm³/mol. The van der Waals surface area contributed by atoms with E-state index in [4.69, 9.17) is 5.11 Å². The van der Waals surface area contributed by atoms with E-state index < -0.39 is 16.3 Å². The van der Waals surface area contributed by atoms with Gasteiger partial charge in [0.2, 0.25) is 0 Å². The molecule has 1 aromatic heterocycles. The number of nitrogens with one attached hydrogen (secondary N) is 2. The fraction of sp³-hybridized carbons (Fsp3) is 0.800. The van der Waals surface area contributed by atoms with Gasteiger partial charge in [0.05, 0.1) is 6.04 Å². The van der Waals surface area contributed by atoms with Crippen molar-refractivity contribution < 1.29 is 13.5 Å². The Labute approximate surface area is 112 Å². The molecule has 0 aliphatic carbocycles. The van der Waals surface area contributed by atoms with E-state index in [2.05, 4.69) is 19.9 Å². The predicted octanol–water partition coefficient (Wildman–Crippen LogP) is -0.596. The average Bonchev–Trinajstić information content (AvgIpc) is 2.92. The third-order valence-electron chi connectivity index (χ3n) is 3.34. The van der Waals surface area contributed by atoms with Crippen molar-refractivity contribution >= 4 is 10.2 Å². The number of piperidine rings is 1. The van der Waals surface area contributed by atoms with Crippen molar-refractivity contribution in [3.8, 4) is 0 Å². The number of aromatic amines is 1. The Kier molecular flexibility index (Phi) is 4.50. The van der Waals surface area contributed by atoms with Gasteiger partial charge in [-0.3, -0.25) is 5.10 Å². The summed E-state index contributed by atoms with van der Waals surface area (Å²) in [5, 5.41) is 15.4. The van der Waals surface area contributed by atoms with Crippen LogP contribution >= 0.6 is 0 Å². The highest BCUT2D eigenvalue weighted by Gasteiger charge is 2.29. The molecule has 0 saturated carbocycles. The Bertz CT molecular complexity index is 481. The molecule has 0 radical (unpaired) electrons. The molecule has 9 heteroatoms. The van der Waals surface area contributed by atoms with Gasteiger partial charge in [0, 0.05) is 19.7 Å². The lowest BCUT2D eigenvalue weighted by Gasteiger charge is -2.30. The molecule has 1 fully saturated rings.